The first-order valence-corrected chi connectivity index (χ1v) is 6.43. The molecule has 3 nitrogen and oxygen atoms in total. The third kappa shape index (κ3) is 1.99. The van der Waals surface area contributed by atoms with Gasteiger partial charge in [-0.3, -0.25) is 4.98 Å². The van der Waals surface area contributed by atoms with E-state index in [-0.39, 0.29) is 0 Å². The molecule has 0 aliphatic rings. The minimum Gasteiger partial charge on any atom is -0.253 e. The van der Waals surface area contributed by atoms with Gasteiger partial charge >= 0.3 is 0 Å². The molecule has 2 aromatic rings. The van der Waals surface area contributed by atoms with Crippen LogP contribution in [0, 0.1) is 6.92 Å². The van der Waals surface area contributed by atoms with Gasteiger partial charge in [-0.1, -0.05) is 6.07 Å². The second-order valence-corrected chi connectivity index (χ2v) is 5.60. The third-order valence-corrected chi connectivity index (χ3v) is 3.34. The Labute approximate surface area is 88.7 Å². The Morgan fingerprint density at radius 3 is 2.53 bits per heavy atom. The van der Waals surface area contributed by atoms with E-state index >= 15 is 0 Å². The highest BCUT2D eigenvalue weighted by Gasteiger charge is 2.07. The van der Waals surface area contributed by atoms with Crippen molar-refractivity contribution < 1.29 is 8.42 Å². The van der Waals surface area contributed by atoms with Gasteiger partial charge in [-0.15, -0.1) is 0 Å². The smallest absolute Gasteiger partial charge is 0.175 e. The average Bonchev–Trinajstić information content (AvgIpc) is 2.15. The monoisotopic (exact) mass is 221 g/mol. The summed E-state index contributed by atoms with van der Waals surface area (Å²) in [6.07, 6.45) is 1.20. The lowest BCUT2D eigenvalue weighted by molar-refractivity contribution is 0.602. The van der Waals surface area contributed by atoms with Crippen molar-refractivity contribution in [1.82, 2.24) is 4.98 Å². The van der Waals surface area contributed by atoms with Gasteiger partial charge in [0.05, 0.1) is 10.4 Å². The summed E-state index contributed by atoms with van der Waals surface area (Å²) in [7, 11) is -3.13. The van der Waals surface area contributed by atoms with Crippen LogP contribution in [0.3, 0.4) is 0 Å². The largest absolute Gasteiger partial charge is 0.253 e. The highest BCUT2D eigenvalue weighted by Crippen LogP contribution is 2.17. The molecule has 1 aromatic carbocycles. The lowest BCUT2D eigenvalue weighted by Gasteiger charge is -2.01. The van der Waals surface area contributed by atoms with Crippen molar-refractivity contribution >= 4 is 20.7 Å². The van der Waals surface area contributed by atoms with Crippen LogP contribution in [0.4, 0.5) is 0 Å². The summed E-state index contributed by atoms with van der Waals surface area (Å²) >= 11 is 0. The first kappa shape index (κ1) is 10.1. The SMILES string of the molecule is Cc1ccc2cc(S(C)(=O)=O)ccc2n1. The maximum atomic E-state index is 11.3. The summed E-state index contributed by atoms with van der Waals surface area (Å²) < 4.78 is 22.6. The maximum absolute atomic E-state index is 11.3. The molecule has 1 heterocycles. The zero-order valence-corrected chi connectivity index (χ0v) is 9.38. The van der Waals surface area contributed by atoms with Crippen LogP contribution < -0.4 is 0 Å². The van der Waals surface area contributed by atoms with Gasteiger partial charge in [0.25, 0.3) is 0 Å². The summed E-state index contributed by atoms with van der Waals surface area (Å²) in [5.41, 5.74) is 1.75. The quantitative estimate of drug-likeness (QED) is 0.739. The number of fused-ring (bicyclic) bond motifs is 1. The molecule has 0 amide bonds. The van der Waals surface area contributed by atoms with Crippen molar-refractivity contribution in [3.63, 3.8) is 0 Å². The van der Waals surface area contributed by atoms with Gasteiger partial charge in [0.2, 0.25) is 0 Å². The molecule has 15 heavy (non-hydrogen) atoms. The van der Waals surface area contributed by atoms with E-state index in [0.29, 0.717) is 4.90 Å². The Kier molecular flexibility index (Phi) is 2.23. The predicted octanol–water partition coefficient (Wildman–Crippen LogP) is 1.95. The summed E-state index contributed by atoms with van der Waals surface area (Å²) in [5.74, 6) is 0. The molecule has 0 saturated heterocycles. The molecule has 4 heteroatoms. The van der Waals surface area contributed by atoms with Crippen LogP contribution in [0.15, 0.2) is 35.2 Å². The fourth-order valence-electron chi connectivity index (χ4n) is 1.44. The van der Waals surface area contributed by atoms with E-state index in [0.717, 1.165) is 16.6 Å². The molecule has 0 radical (unpaired) electrons. The molecule has 0 aliphatic heterocycles. The van der Waals surface area contributed by atoms with Crippen LogP contribution in [0.2, 0.25) is 0 Å². The molecule has 0 bridgehead atoms. The molecule has 0 N–H and O–H groups in total. The number of hydrogen-bond donors (Lipinski definition) is 0. The predicted molar refractivity (Wildman–Crippen MR) is 59.6 cm³/mol. The van der Waals surface area contributed by atoms with Crippen molar-refractivity contribution in [2.45, 2.75) is 11.8 Å². The third-order valence-electron chi connectivity index (χ3n) is 2.23. The number of rotatable bonds is 1. The summed E-state index contributed by atoms with van der Waals surface area (Å²) in [4.78, 5) is 4.64. The molecule has 0 aliphatic carbocycles. The van der Waals surface area contributed by atoms with Crippen molar-refractivity contribution in [2.24, 2.45) is 0 Å². The molecular weight excluding hydrogens is 210 g/mol. The number of aromatic nitrogens is 1. The number of sulfone groups is 1. The minimum atomic E-state index is -3.13. The van der Waals surface area contributed by atoms with Crippen LogP contribution >= 0.6 is 0 Å². The molecule has 0 fully saturated rings. The Hall–Kier alpha value is -1.42. The summed E-state index contributed by atoms with van der Waals surface area (Å²) in [5, 5.41) is 0.850. The number of hydrogen-bond acceptors (Lipinski definition) is 3. The van der Waals surface area contributed by atoms with E-state index < -0.39 is 9.84 Å². The number of nitrogens with zero attached hydrogens (tertiary/aromatic N) is 1. The molecule has 0 atom stereocenters. The topological polar surface area (TPSA) is 47.0 Å². The van der Waals surface area contributed by atoms with Crippen molar-refractivity contribution in [2.75, 3.05) is 6.26 Å². The lowest BCUT2D eigenvalue weighted by atomic mass is 10.2. The normalized spacial score (nSPS) is 11.9. The second-order valence-electron chi connectivity index (χ2n) is 3.58. The molecule has 2 rings (SSSR count). The Morgan fingerprint density at radius 1 is 1.13 bits per heavy atom. The molecule has 78 valence electrons. The molecule has 0 saturated carbocycles. The number of benzene rings is 1. The van der Waals surface area contributed by atoms with Gasteiger partial charge in [0, 0.05) is 17.3 Å². The standard InChI is InChI=1S/C11H11NO2S/c1-8-3-4-9-7-10(15(2,13)14)5-6-11(9)12-8/h3-7H,1-2H3. The van der Waals surface area contributed by atoms with Crippen molar-refractivity contribution in [3.05, 3.63) is 36.0 Å². The summed E-state index contributed by atoms with van der Waals surface area (Å²) in [6.45, 7) is 1.91. The second kappa shape index (κ2) is 3.31. The molecule has 0 unspecified atom stereocenters. The van der Waals surface area contributed by atoms with Gasteiger partial charge in [0.1, 0.15) is 0 Å². The van der Waals surface area contributed by atoms with E-state index in [1.165, 1.54) is 6.26 Å². The van der Waals surface area contributed by atoms with Crippen LogP contribution in [0.25, 0.3) is 10.9 Å². The fourth-order valence-corrected chi connectivity index (χ4v) is 2.09. The molecule has 0 spiro atoms. The fraction of sp³-hybridized carbons (Fsp3) is 0.182. The number of aryl methyl sites for hydroxylation is 1. The Bertz CT molecular complexity index is 618. The van der Waals surface area contributed by atoms with Gasteiger partial charge in [-0.05, 0) is 31.2 Å². The minimum absolute atomic E-state index is 0.334. The molecular formula is C11H11NO2S. The van der Waals surface area contributed by atoms with Crippen molar-refractivity contribution in [1.29, 1.82) is 0 Å². The van der Waals surface area contributed by atoms with E-state index in [4.69, 9.17) is 0 Å². The van der Waals surface area contributed by atoms with Crippen molar-refractivity contribution in [3.8, 4) is 0 Å². The van der Waals surface area contributed by atoms with E-state index in [2.05, 4.69) is 4.98 Å². The van der Waals surface area contributed by atoms with Crippen LogP contribution in [-0.4, -0.2) is 19.7 Å². The Morgan fingerprint density at radius 2 is 1.87 bits per heavy atom. The average molecular weight is 221 g/mol. The zero-order chi connectivity index (χ0) is 11.1. The van der Waals surface area contributed by atoms with E-state index in [1.807, 2.05) is 19.1 Å². The zero-order valence-electron chi connectivity index (χ0n) is 8.56. The van der Waals surface area contributed by atoms with Gasteiger partial charge in [-0.2, -0.15) is 0 Å². The first-order chi connectivity index (χ1) is 6.97. The number of pyridine rings is 1. The maximum Gasteiger partial charge on any atom is 0.175 e. The van der Waals surface area contributed by atoms with Crippen LogP contribution in [-0.2, 0) is 9.84 Å². The Balaban J connectivity index is 2.73. The van der Waals surface area contributed by atoms with Crippen LogP contribution in [0.5, 0.6) is 0 Å². The lowest BCUT2D eigenvalue weighted by Crippen LogP contribution is -1.96. The van der Waals surface area contributed by atoms with E-state index in [9.17, 15) is 8.42 Å². The van der Waals surface area contributed by atoms with Gasteiger partial charge < -0.3 is 0 Å². The van der Waals surface area contributed by atoms with E-state index in [1.54, 1.807) is 18.2 Å². The van der Waals surface area contributed by atoms with Crippen LogP contribution in [0.1, 0.15) is 5.69 Å². The highest BCUT2D eigenvalue weighted by atomic mass is 32.2. The highest BCUT2D eigenvalue weighted by molar-refractivity contribution is 7.90. The van der Waals surface area contributed by atoms with Gasteiger partial charge in [-0.25, -0.2) is 8.42 Å². The summed E-state index contributed by atoms with van der Waals surface area (Å²) in [6, 6.07) is 8.72. The van der Waals surface area contributed by atoms with Gasteiger partial charge in [0.15, 0.2) is 9.84 Å². The molecule has 1 aromatic heterocycles. The first-order valence-electron chi connectivity index (χ1n) is 4.54.